The third-order valence-electron chi connectivity index (χ3n) is 1.96. The molecule has 1 N–H and O–H groups in total. The Hall–Kier alpha value is -0.780. The van der Waals surface area contributed by atoms with Crippen molar-refractivity contribution in [2.24, 2.45) is 0 Å². The van der Waals surface area contributed by atoms with E-state index in [2.05, 4.69) is 64.3 Å². The number of rotatable bonds is 4. The van der Waals surface area contributed by atoms with Crippen LogP contribution in [0.25, 0.3) is 0 Å². The van der Waals surface area contributed by atoms with E-state index in [9.17, 15) is 0 Å². The molecular formula is C13H16BrN. The molecule has 0 aliphatic carbocycles. The van der Waals surface area contributed by atoms with Gasteiger partial charge in [-0.25, -0.2) is 0 Å². The van der Waals surface area contributed by atoms with Gasteiger partial charge in [0.2, 0.25) is 0 Å². The van der Waals surface area contributed by atoms with Crippen molar-refractivity contribution in [3.8, 4) is 11.8 Å². The highest BCUT2D eigenvalue weighted by molar-refractivity contribution is 9.09. The lowest BCUT2D eigenvalue weighted by Crippen LogP contribution is -2.11. The summed E-state index contributed by atoms with van der Waals surface area (Å²) in [4.78, 5) is 0. The predicted octanol–water partition coefficient (Wildman–Crippen LogP) is 2.93. The molecule has 0 atom stereocenters. The molecule has 0 aromatic heterocycles. The van der Waals surface area contributed by atoms with Gasteiger partial charge in [-0.2, -0.15) is 0 Å². The standard InChI is InChI=1S/C13H16BrN/c1-2-15-11-13-8-5-7-12(10-13)6-3-4-9-14/h5,7-8,10,15H,2,4,9,11H2,1H3. The van der Waals surface area contributed by atoms with E-state index < -0.39 is 0 Å². The van der Waals surface area contributed by atoms with Gasteiger partial charge in [0, 0.05) is 23.9 Å². The zero-order valence-corrected chi connectivity index (χ0v) is 10.6. The lowest BCUT2D eigenvalue weighted by atomic mass is 10.1. The highest BCUT2D eigenvalue weighted by Crippen LogP contribution is 2.03. The lowest BCUT2D eigenvalue weighted by molar-refractivity contribution is 0.727. The molecule has 1 nitrogen and oxygen atoms in total. The molecule has 0 saturated carbocycles. The first-order valence-electron chi connectivity index (χ1n) is 5.21. The van der Waals surface area contributed by atoms with Crippen molar-refractivity contribution in [1.29, 1.82) is 0 Å². The summed E-state index contributed by atoms with van der Waals surface area (Å²) >= 11 is 3.36. The zero-order valence-electron chi connectivity index (χ0n) is 9.02. The summed E-state index contributed by atoms with van der Waals surface area (Å²) in [6.45, 7) is 4.03. The van der Waals surface area contributed by atoms with Crippen LogP contribution in [0.3, 0.4) is 0 Å². The third kappa shape index (κ3) is 5.01. The highest BCUT2D eigenvalue weighted by Gasteiger charge is 1.92. The van der Waals surface area contributed by atoms with Gasteiger partial charge in [0.25, 0.3) is 0 Å². The maximum Gasteiger partial charge on any atom is 0.0248 e. The Labute approximate surface area is 100 Å². The summed E-state index contributed by atoms with van der Waals surface area (Å²) in [5, 5.41) is 4.24. The van der Waals surface area contributed by atoms with Crippen LogP contribution in [0.4, 0.5) is 0 Å². The van der Waals surface area contributed by atoms with Gasteiger partial charge in [-0.3, -0.25) is 0 Å². The number of nitrogens with one attached hydrogen (secondary N) is 1. The SMILES string of the molecule is CCNCc1cccc(C#CCCBr)c1. The van der Waals surface area contributed by atoms with Crippen molar-refractivity contribution in [2.75, 3.05) is 11.9 Å². The highest BCUT2D eigenvalue weighted by atomic mass is 79.9. The molecule has 1 rings (SSSR count). The van der Waals surface area contributed by atoms with E-state index in [0.29, 0.717) is 0 Å². The molecule has 0 heterocycles. The largest absolute Gasteiger partial charge is 0.313 e. The number of halogens is 1. The molecule has 0 radical (unpaired) electrons. The monoisotopic (exact) mass is 265 g/mol. The van der Waals surface area contributed by atoms with Gasteiger partial charge in [-0.05, 0) is 24.2 Å². The lowest BCUT2D eigenvalue weighted by Gasteiger charge is -2.01. The molecule has 0 spiro atoms. The second-order valence-corrected chi connectivity index (χ2v) is 4.01. The van der Waals surface area contributed by atoms with E-state index in [0.717, 1.165) is 30.4 Å². The number of benzene rings is 1. The molecule has 0 amide bonds. The van der Waals surface area contributed by atoms with Crippen LogP contribution >= 0.6 is 15.9 Å². The van der Waals surface area contributed by atoms with Crippen LogP contribution < -0.4 is 5.32 Å². The topological polar surface area (TPSA) is 12.0 Å². The molecule has 0 aliphatic rings. The molecule has 80 valence electrons. The summed E-state index contributed by atoms with van der Waals surface area (Å²) in [6.07, 6.45) is 0.900. The minimum Gasteiger partial charge on any atom is -0.313 e. The predicted molar refractivity (Wildman–Crippen MR) is 69.1 cm³/mol. The van der Waals surface area contributed by atoms with Crippen LogP contribution in [0, 0.1) is 11.8 Å². The Morgan fingerprint density at radius 1 is 1.40 bits per heavy atom. The fourth-order valence-corrected chi connectivity index (χ4v) is 1.44. The minimum atomic E-state index is 0.900. The van der Waals surface area contributed by atoms with Crippen LogP contribution in [0.5, 0.6) is 0 Å². The molecule has 0 unspecified atom stereocenters. The van der Waals surface area contributed by atoms with Gasteiger partial charge in [-0.15, -0.1) is 0 Å². The van der Waals surface area contributed by atoms with Gasteiger partial charge in [0.05, 0.1) is 0 Å². The summed E-state index contributed by atoms with van der Waals surface area (Å²) < 4.78 is 0. The molecule has 1 aromatic carbocycles. The van der Waals surface area contributed by atoms with E-state index in [1.807, 2.05) is 0 Å². The number of alkyl halides is 1. The quantitative estimate of drug-likeness (QED) is 0.652. The van der Waals surface area contributed by atoms with Crippen LogP contribution in [0.1, 0.15) is 24.5 Å². The Kier molecular flexibility index (Phi) is 6.15. The Balaban J connectivity index is 2.62. The molecular weight excluding hydrogens is 250 g/mol. The Morgan fingerprint density at radius 2 is 2.27 bits per heavy atom. The van der Waals surface area contributed by atoms with E-state index >= 15 is 0 Å². The van der Waals surface area contributed by atoms with Crippen LogP contribution in [0.15, 0.2) is 24.3 Å². The van der Waals surface area contributed by atoms with Crippen molar-refractivity contribution in [2.45, 2.75) is 19.9 Å². The number of hydrogen-bond donors (Lipinski definition) is 1. The first-order valence-corrected chi connectivity index (χ1v) is 6.33. The zero-order chi connectivity index (χ0) is 10.9. The fraction of sp³-hybridized carbons (Fsp3) is 0.385. The second-order valence-electron chi connectivity index (χ2n) is 3.22. The average Bonchev–Trinajstić information content (AvgIpc) is 2.27. The first-order chi connectivity index (χ1) is 7.36. The molecule has 0 saturated heterocycles. The van der Waals surface area contributed by atoms with Gasteiger partial charge >= 0.3 is 0 Å². The molecule has 2 heteroatoms. The van der Waals surface area contributed by atoms with Crippen molar-refractivity contribution in [3.63, 3.8) is 0 Å². The summed E-state index contributed by atoms with van der Waals surface area (Å²) in [6, 6.07) is 8.38. The first kappa shape index (κ1) is 12.3. The molecule has 15 heavy (non-hydrogen) atoms. The van der Waals surface area contributed by atoms with E-state index in [-0.39, 0.29) is 0 Å². The summed E-state index contributed by atoms with van der Waals surface area (Å²) in [7, 11) is 0. The maximum absolute atomic E-state index is 3.36. The van der Waals surface area contributed by atoms with Crippen LogP contribution in [-0.4, -0.2) is 11.9 Å². The van der Waals surface area contributed by atoms with E-state index in [1.165, 1.54) is 5.56 Å². The fourth-order valence-electron chi connectivity index (χ4n) is 1.24. The Bertz CT molecular complexity index is 349. The number of hydrogen-bond acceptors (Lipinski definition) is 1. The van der Waals surface area contributed by atoms with Crippen molar-refractivity contribution in [3.05, 3.63) is 35.4 Å². The van der Waals surface area contributed by atoms with Crippen molar-refractivity contribution >= 4 is 15.9 Å². The van der Waals surface area contributed by atoms with Crippen molar-refractivity contribution in [1.82, 2.24) is 5.32 Å². The van der Waals surface area contributed by atoms with Gasteiger partial charge in [-0.1, -0.05) is 46.8 Å². The van der Waals surface area contributed by atoms with Crippen LogP contribution in [-0.2, 0) is 6.54 Å². The average molecular weight is 266 g/mol. The normalized spacial score (nSPS) is 9.47. The van der Waals surface area contributed by atoms with Gasteiger partial charge in [0.15, 0.2) is 0 Å². The smallest absolute Gasteiger partial charge is 0.0248 e. The van der Waals surface area contributed by atoms with Gasteiger partial charge < -0.3 is 5.32 Å². The summed E-state index contributed by atoms with van der Waals surface area (Å²) in [5.41, 5.74) is 2.40. The third-order valence-corrected chi connectivity index (χ3v) is 2.35. The maximum atomic E-state index is 3.36. The molecule has 1 aromatic rings. The Morgan fingerprint density at radius 3 is 3.00 bits per heavy atom. The van der Waals surface area contributed by atoms with Crippen molar-refractivity contribution < 1.29 is 0 Å². The summed E-state index contributed by atoms with van der Waals surface area (Å²) in [5.74, 6) is 6.27. The molecule has 0 aliphatic heterocycles. The van der Waals surface area contributed by atoms with E-state index in [4.69, 9.17) is 0 Å². The minimum absolute atomic E-state index is 0.900. The van der Waals surface area contributed by atoms with Gasteiger partial charge in [0.1, 0.15) is 0 Å². The second kappa shape index (κ2) is 7.50. The van der Waals surface area contributed by atoms with Crippen LogP contribution in [0.2, 0.25) is 0 Å². The van der Waals surface area contributed by atoms with E-state index in [1.54, 1.807) is 0 Å². The molecule has 0 bridgehead atoms. The molecule has 0 fully saturated rings.